The van der Waals surface area contributed by atoms with Gasteiger partial charge in [0.1, 0.15) is 5.82 Å². The Bertz CT molecular complexity index is 741. The van der Waals surface area contributed by atoms with E-state index in [0.717, 1.165) is 5.69 Å². The largest absolute Gasteiger partial charge is 0.300 e. The topological polar surface area (TPSA) is 41.5 Å². The van der Waals surface area contributed by atoms with E-state index >= 15 is 0 Å². The van der Waals surface area contributed by atoms with Crippen LogP contribution in [0.15, 0.2) is 64.5 Å². The number of halogens is 1. The van der Waals surface area contributed by atoms with Gasteiger partial charge in [-0.05, 0) is 47.7 Å². The van der Waals surface area contributed by atoms with Crippen LogP contribution in [0.1, 0.15) is 5.56 Å². The van der Waals surface area contributed by atoms with Gasteiger partial charge in [0, 0.05) is 0 Å². The van der Waals surface area contributed by atoms with E-state index < -0.39 is 0 Å². The molecule has 5 heteroatoms. The van der Waals surface area contributed by atoms with E-state index in [1.165, 1.54) is 23.9 Å². The number of benzene rings is 2. The van der Waals surface area contributed by atoms with Crippen molar-refractivity contribution >= 4 is 34.6 Å². The number of amidine groups is 1. The summed E-state index contributed by atoms with van der Waals surface area (Å²) in [6, 6.07) is 15.5. The molecule has 1 amide bonds. The highest BCUT2D eigenvalue weighted by Crippen LogP contribution is 2.27. The summed E-state index contributed by atoms with van der Waals surface area (Å²) >= 11 is 1.24. The van der Waals surface area contributed by atoms with Gasteiger partial charge in [-0.3, -0.25) is 4.79 Å². The first-order valence-corrected chi connectivity index (χ1v) is 7.12. The van der Waals surface area contributed by atoms with Gasteiger partial charge in [0.15, 0.2) is 5.17 Å². The maximum absolute atomic E-state index is 13.1. The Balaban J connectivity index is 1.84. The molecule has 0 spiro atoms. The van der Waals surface area contributed by atoms with Gasteiger partial charge in [-0.1, -0.05) is 30.3 Å². The minimum atomic E-state index is -0.328. The van der Waals surface area contributed by atoms with Crippen molar-refractivity contribution in [3.05, 3.63) is 70.9 Å². The van der Waals surface area contributed by atoms with E-state index in [0.29, 0.717) is 15.6 Å². The van der Waals surface area contributed by atoms with E-state index in [1.54, 1.807) is 18.2 Å². The molecule has 1 heterocycles. The first-order chi connectivity index (χ1) is 10.2. The summed E-state index contributed by atoms with van der Waals surface area (Å²) in [5.74, 6) is -0.551. The number of carbonyl (C=O) groups is 1. The van der Waals surface area contributed by atoms with Crippen LogP contribution in [-0.4, -0.2) is 11.1 Å². The lowest BCUT2D eigenvalue weighted by Crippen LogP contribution is -2.19. The third-order valence-electron chi connectivity index (χ3n) is 2.78. The van der Waals surface area contributed by atoms with Crippen molar-refractivity contribution in [2.75, 3.05) is 0 Å². The van der Waals surface area contributed by atoms with E-state index in [4.69, 9.17) is 0 Å². The molecule has 1 fully saturated rings. The normalized spacial score (nSPS) is 18.2. The number of hydrogen-bond acceptors (Lipinski definition) is 3. The van der Waals surface area contributed by atoms with Crippen LogP contribution in [0.25, 0.3) is 6.08 Å². The molecule has 1 aliphatic rings. The number of nitrogens with one attached hydrogen (secondary N) is 1. The van der Waals surface area contributed by atoms with Crippen molar-refractivity contribution in [2.45, 2.75) is 0 Å². The Morgan fingerprint density at radius 2 is 1.90 bits per heavy atom. The Morgan fingerprint density at radius 1 is 1.10 bits per heavy atom. The number of hydrogen-bond donors (Lipinski definition) is 1. The highest BCUT2D eigenvalue weighted by Gasteiger charge is 2.23. The summed E-state index contributed by atoms with van der Waals surface area (Å²) in [4.78, 5) is 16.7. The molecule has 0 aliphatic carbocycles. The number of rotatable bonds is 2. The Labute approximate surface area is 125 Å². The first kappa shape index (κ1) is 13.6. The number of thioether (sulfide) groups is 1. The van der Waals surface area contributed by atoms with Crippen LogP contribution in [0.2, 0.25) is 0 Å². The van der Waals surface area contributed by atoms with Gasteiger partial charge < -0.3 is 5.32 Å². The Hall–Kier alpha value is -2.40. The van der Waals surface area contributed by atoms with E-state index in [1.807, 2.05) is 30.3 Å². The van der Waals surface area contributed by atoms with Crippen LogP contribution in [0.5, 0.6) is 0 Å². The fourth-order valence-electron chi connectivity index (χ4n) is 1.85. The van der Waals surface area contributed by atoms with Gasteiger partial charge in [0.25, 0.3) is 5.91 Å². The predicted molar refractivity (Wildman–Crippen MR) is 83.6 cm³/mol. The zero-order chi connectivity index (χ0) is 14.7. The van der Waals surface area contributed by atoms with Crippen LogP contribution < -0.4 is 5.32 Å². The second kappa shape index (κ2) is 5.93. The molecule has 3 rings (SSSR count). The lowest BCUT2D eigenvalue weighted by Gasteiger charge is -1.95. The SMILES string of the molecule is O=C1NC(=Nc2ccccc2)S/C1=C\c1cccc(F)c1. The lowest BCUT2D eigenvalue weighted by molar-refractivity contribution is -0.115. The molecule has 1 N–H and O–H groups in total. The summed E-state index contributed by atoms with van der Waals surface area (Å²) in [5.41, 5.74) is 1.42. The van der Waals surface area contributed by atoms with Crippen molar-refractivity contribution in [3.8, 4) is 0 Å². The van der Waals surface area contributed by atoms with Gasteiger partial charge in [-0.25, -0.2) is 9.38 Å². The quantitative estimate of drug-likeness (QED) is 0.859. The van der Waals surface area contributed by atoms with E-state index in [2.05, 4.69) is 10.3 Å². The van der Waals surface area contributed by atoms with Crippen LogP contribution in [0, 0.1) is 5.82 Å². The molecule has 0 bridgehead atoms. The molecule has 0 aromatic heterocycles. The van der Waals surface area contributed by atoms with Gasteiger partial charge >= 0.3 is 0 Å². The second-order valence-electron chi connectivity index (χ2n) is 4.37. The maximum Gasteiger partial charge on any atom is 0.264 e. The molecule has 1 aliphatic heterocycles. The molecule has 104 valence electrons. The molecule has 0 saturated carbocycles. The molecule has 2 aromatic carbocycles. The number of nitrogens with zero attached hydrogens (tertiary/aromatic N) is 1. The van der Waals surface area contributed by atoms with Crippen molar-refractivity contribution in [3.63, 3.8) is 0 Å². The Morgan fingerprint density at radius 3 is 2.67 bits per heavy atom. The van der Waals surface area contributed by atoms with Gasteiger partial charge in [0.2, 0.25) is 0 Å². The molecular weight excluding hydrogens is 287 g/mol. The molecule has 2 aromatic rings. The average molecular weight is 298 g/mol. The van der Waals surface area contributed by atoms with Crippen molar-refractivity contribution in [1.29, 1.82) is 0 Å². The zero-order valence-corrected chi connectivity index (χ0v) is 11.7. The molecule has 0 unspecified atom stereocenters. The molecule has 3 nitrogen and oxygen atoms in total. The fraction of sp³-hybridized carbons (Fsp3) is 0. The van der Waals surface area contributed by atoms with Gasteiger partial charge in [0.05, 0.1) is 10.6 Å². The fourth-order valence-corrected chi connectivity index (χ4v) is 2.69. The van der Waals surface area contributed by atoms with Crippen molar-refractivity contribution in [2.24, 2.45) is 4.99 Å². The second-order valence-corrected chi connectivity index (χ2v) is 5.40. The number of carbonyl (C=O) groups excluding carboxylic acids is 1. The van der Waals surface area contributed by atoms with Crippen molar-refractivity contribution < 1.29 is 9.18 Å². The number of amides is 1. The standard InChI is InChI=1S/C16H11FN2OS/c17-12-6-4-5-11(9-12)10-14-15(20)19-16(21-14)18-13-7-2-1-3-8-13/h1-10H,(H,18,19,20)/b14-10-. The monoisotopic (exact) mass is 298 g/mol. The van der Waals surface area contributed by atoms with E-state index in [-0.39, 0.29) is 11.7 Å². The smallest absolute Gasteiger partial charge is 0.264 e. The highest BCUT2D eigenvalue weighted by molar-refractivity contribution is 8.18. The van der Waals surface area contributed by atoms with Crippen LogP contribution in [-0.2, 0) is 4.79 Å². The minimum Gasteiger partial charge on any atom is -0.300 e. The van der Waals surface area contributed by atoms with Crippen LogP contribution in [0.3, 0.4) is 0 Å². The van der Waals surface area contributed by atoms with Crippen molar-refractivity contribution in [1.82, 2.24) is 5.32 Å². The molecule has 21 heavy (non-hydrogen) atoms. The molecule has 1 saturated heterocycles. The van der Waals surface area contributed by atoms with Gasteiger partial charge in [-0.2, -0.15) is 0 Å². The van der Waals surface area contributed by atoms with Crippen LogP contribution in [0.4, 0.5) is 10.1 Å². The molecule has 0 radical (unpaired) electrons. The summed E-state index contributed by atoms with van der Waals surface area (Å²) in [5, 5.41) is 3.22. The summed E-state index contributed by atoms with van der Waals surface area (Å²) in [6.45, 7) is 0. The van der Waals surface area contributed by atoms with E-state index in [9.17, 15) is 9.18 Å². The molecule has 0 atom stereocenters. The highest BCUT2D eigenvalue weighted by atomic mass is 32.2. The van der Waals surface area contributed by atoms with Crippen LogP contribution >= 0.6 is 11.8 Å². The first-order valence-electron chi connectivity index (χ1n) is 6.31. The molecular formula is C16H11FN2OS. The third-order valence-corrected chi connectivity index (χ3v) is 3.69. The maximum atomic E-state index is 13.1. The summed E-state index contributed by atoms with van der Waals surface area (Å²) in [6.07, 6.45) is 1.65. The number of para-hydroxylation sites is 1. The lowest BCUT2D eigenvalue weighted by atomic mass is 10.2. The summed E-state index contributed by atoms with van der Waals surface area (Å²) < 4.78 is 13.1. The van der Waals surface area contributed by atoms with Gasteiger partial charge in [-0.15, -0.1) is 0 Å². The predicted octanol–water partition coefficient (Wildman–Crippen LogP) is 3.72. The summed E-state index contributed by atoms with van der Waals surface area (Å²) in [7, 11) is 0. The third kappa shape index (κ3) is 3.38. The minimum absolute atomic E-state index is 0.223. The zero-order valence-electron chi connectivity index (χ0n) is 10.9. The number of aliphatic imine (C=N–C) groups is 1. The Kier molecular flexibility index (Phi) is 3.83. The average Bonchev–Trinajstić information content (AvgIpc) is 2.80.